The van der Waals surface area contributed by atoms with Crippen LogP contribution in [-0.2, 0) is 11.3 Å². The third-order valence-corrected chi connectivity index (χ3v) is 3.71. The highest BCUT2D eigenvalue weighted by Crippen LogP contribution is 2.38. The van der Waals surface area contributed by atoms with Crippen LogP contribution in [0, 0.1) is 0 Å². The molecule has 0 fully saturated rings. The summed E-state index contributed by atoms with van der Waals surface area (Å²) in [6, 6.07) is 16.4. The van der Waals surface area contributed by atoms with Crippen molar-refractivity contribution in [3.05, 3.63) is 59.7 Å². The molecule has 2 aromatic carbocycles. The Hall–Kier alpha value is -2.04. The quantitative estimate of drug-likeness (QED) is 0.937. The minimum atomic E-state index is 0.00174. The van der Waals surface area contributed by atoms with Crippen LogP contribution < -0.4 is 15.4 Å². The van der Waals surface area contributed by atoms with Gasteiger partial charge in [0.15, 0.2) is 0 Å². The molecule has 0 saturated carbocycles. The molecule has 0 aromatic heterocycles. The van der Waals surface area contributed by atoms with Crippen molar-refractivity contribution < 1.29 is 9.47 Å². The summed E-state index contributed by atoms with van der Waals surface area (Å²) in [4.78, 5) is 2.19. The molecule has 2 N–H and O–H groups in total. The third kappa shape index (κ3) is 2.86. The topological polar surface area (TPSA) is 47.7 Å². The molecule has 1 aliphatic heterocycles. The van der Waals surface area contributed by atoms with Gasteiger partial charge >= 0.3 is 0 Å². The number of benzene rings is 2. The molecule has 2 aromatic rings. The fourth-order valence-corrected chi connectivity index (χ4v) is 2.65. The van der Waals surface area contributed by atoms with Gasteiger partial charge in [-0.2, -0.15) is 0 Å². The summed E-state index contributed by atoms with van der Waals surface area (Å²) in [5, 5.41) is 0. The Bertz CT molecular complexity index is 601. The molecule has 0 aliphatic carbocycles. The van der Waals surface area contributed by atoms with Crippen LogP contribution in [-0.4, -0.2) is 20.4 Å². The number of hydrogen-bond donors (Lipinski definition) is 1. The average Bonchev–Trinajstić information content (AvgIpc) is 2.55. The van der Waals surface area contributed by atoms with Crippen molar-refractivity contribution in [3.63, 3.8) is 0 Å². The van der Waals surface area contributed by atoms with Crippen molar-refractivity contribution in [1.82, 2.24) is 0 Å². The van der Waals surface area contributed by atoms with Crippen LogP contribution >= 0.6 is 0 Å². The Balaban J connectivity index is 1.95. The standard InChI is InChI=1S/C17H20N2O2/c1-20-12-19-11-17(14-5-3-2-4-6-14)21-16-9-13(10-18)7-8-15(16)19/h2-9,17H,10-12,18H2,1H3. The number of nitrogens with two attached hydrogens (primary N) is 1. The maximum absolute atomic E-state index is 6.18. The number of fused-ring (bicyclic) bond motifs is 1. The van der Waals surface area contributed by atoms with Crippen molar-refractivity contribution in [1.29, 1.82) is 0 Å². The lowest BCUT2D eigenvalue weighted by atomic mass is 10.1. The molecule has 1 atom stereocenters. The Kier molecular flexibility index (Phi) is 4.08. The number of hydrogen-bond acceptors (Lipinski definition) is 4. The van der Waals surface area contributed by atoms with Crippen molar-refractivity contribution in [2.45, 2.75) is 12.6 Å². The smallest absolute Gasteiger partial charge is 0.144 e. The third-order valence-electron chi connectivity index (χ3n) is 3.71. The highest BCUT2D eigenvalue weighted by Gasteiger charge is 2.26. The zero-order chi connectivity index (χ0) is 14.7. The molecule has 0 spiro atoms. The number of nitrogens with zero attached hydrogens (tertiary/aromatic N) is 1. The SMILES string of the molecule is COCN1CC(c2ccccc2)Oc2cc(CN)ccc21. The summed E-state index contributed by atoms with van der Waals surface area (Å²) < 4.78 is 11.5. The molecule has 0 bridgehead atoms. The first-order valence-electron chi connectivity index (χ1n) is 7.10. The van der Waals surface area contributed by atoms with Gasteiger partial charge in [-0.15, -0.1) is 0 Å². The number of ether oxygens (including phenoxy) is 2. The Morgan fingerprint density at radius 1 is 1.24 bits per heavy atom. The van der Waals surface area contributed by atoms with Crippen molar-refractivity contribution in [2.24, 2.45) is 5.73 Å². The Morgan fingerprint density at radius 3 is 2.76 bits per heavy atom. The van der Waals surface area contributed by atoms with E-state index in [0.29, 0.717) is 13.3 Å². The highest BCUT2D eigenvalue weighted by atomic mass is 16.5. The molecule has 0 saturated heterocycles. The monoisotopic (exact) mass is 284 g/mol. The number of anilines is 1. The maximum Gasteiger partial charge on any atom is 0.144 e. The van der Waals surface area contributed by atoms with Crippen LogP contribution in [0.15, 0.2) is 48.5 Å². The normalized spacial score (nSPS) is 17.2. The van der Waals surface area contributed by atoms with E-state index >= 15 is 0 Å². The molecule has 4 nitrogen and oxygen atoms in total. The second kappa shape index (κ2) is 6.16. The van der Waals surface area contributed by atoms with E-state index in [4.69, 9.17) is 15.2 Å². The summed E-state index contributed by atoms with van der Waals surface area (Å²) in [6.45, 7) is 1.82. The molecule has 1 aliphatic rings. The molecule has 3 rings (SSSR count). The van der Waals surface area contributed by atoms with Gasteiger partial charge in [0.1, 0.15) is 18.6 Å². The Labute approximate surface area is 125 Å². The van der Waals surface area contributed by atoms with Gasteiger partial charge in [-0.05, 0) is 23.3 Å². The van der Waals surface area contributed by atoms with E-state index in [1.807, 2.05) is 30.3 Å². The van der Waals surface area contributed by atoms with Gasteiger partial charge in [-0.1, -0.05) is 36.4 Å². The van der Waals surface area contributed by atoms with Crippen molar-refractivity contribution >= 4 is 5.69 Å². The minimum Gasteiger partial charge on any atom is -0.482 e. The van der Waals surface area contributed by atoms with E-state index in [1.54, 1.807) is 7.11 Å². The highest BCUT2D eigenvalue weighted by molar-refractivity contribution is 5.61. The van der Waals surface area contributed by atoms with Gasteiger partial charge in [0.25, 0.3) is 0 Å². The van der Waals surface area contributed by atoms with Gasteiger partial charge in [0.05, 0.1) is 12.2 Å². The van der Waals surface area contributed by atoms with E-state index in [1.165, 1.54) is 5.56 Å². The average molecular weight is 284 g/mol. The van der Waals surface area contributed by atoms with Crippen LogP contribution in [0.3, 0.4) is 0 Å². The molecule has 1 heterocycles. The molecule has 21 heavy (non-hydrogen) atoms. The lowest BCUT2D eigenvalue weighted by Crippen LogP contribution is -2.36. The van der Waals surface area contributed by atoms with Crippen LogP contribution in [0.2, 0.25) is 0 Å². The van der Waals surface area contributed by atoms with E-state index in [2.05, 4.69) is 23.1 Å². The van der Waals surface area contributed by atoms with Gasteiger partial charge in [-0.25, -0.2) is 0 Å². The Morgan fingerprint density at radius 2 is 2.05 bits per heavy atom. The van der Waals surface area contributed by atoms with Crippen LogP contribution in [0.5, 0.6) is 5.75 Å². The zero-order valence-electron chi connectivity index (χ0n) is 12.2. The fraction of sp³-hybridized carbons (Fsp3) is 0.294. The fourth-order valence-electron chi connectivity index (χ4n) is 2.65. The minimum absolute atomic E-state index is 0.00174. The van der Waals surface area contributed by atoms with Gasteiger partial charge in [0, 0.05) is 13.7 Å². The second-order valence-electron chi connectivity index (χ2n) is 5.16. The van der Waals surface area contributed by atoms with Crippen LogP contribution in [0.25, 0.3) is 0 Å². The summed E-state index contributed by atoms with van der Waals surface area (Å²) in [7, 11) is 1.71. The summed E-state index contributed by atoms with van der Waals surface area (Å²) >= 11 is 0. The molecule has 1 unspecified atom stereocenters. The number of methoxy groups -OCH3 is 1. The first-order chi connectivity index (χ1) is 10.3. The predicted octanol–water partition coefficient (Wildman–Crippen LogP) is 2.69. The molecule has 0 radical (unpaired) electrons. The summed E-state index contributed by atoms with van der Waals surface area (Å²) in [5.74, 6) is 0.870. The van der Waals surface area contributed by atoms with E-state index in [-0.39, 0.29) is 6.10 Å². The second-order valence-corrected chi connectivity index (χ2v) is 5.16. The van der Waals surface area contributed by atoms with Gasteiger partial charge < -0.3 is 20.1 Å². The summed E-state index contributed by atoms with van der Waals surface area (Å²) in [5.41, 5.74) is 9.02. The maximum atomic E-state index is 6.18. The largest absolute Gasteiger partial charge is 0.482 e. The zero-order valence-corrected chi connectivity index (χ0v) is 12.2. The van der Waals surface area contributed by atoms with Gasteiger partial charge in [-0.3, -0.25) is 0 Å². The van der Waals surface area contributed by atoms with Crippen molar-refractivity contribution in [3.8, 4) is 5.75 Å². The molecule has 4 heteroatoms. The number of rotatable bonds is 4. The van der Waals surface area contributed by atoms with E-state index < -0.39 is 0 Å². The molecule has 110 valence electrons. The van der Waals surface area contributed by atoms with Crippen LogP contribution in [0.4, 0.5) is 5.69 Å². The molecular formula is C17H20N2O2. The van der Waals surface area contributed by atoms with Crippen LogP contribution in [0.1, 0.15) is 17.2 Å². The predicted molar refractivity (Wildman–Crippen MR) is 83.4 cm³/mol. The lowest BCUT2D eigenvalue weighted by Gasteiger charge is -2.36. The molecule has 0 amide bonds. The van der Waals surface area contributed by atoms with Crippen molar-refractivity contribution in [2.75, 3.05) is 25.3 Å². The summed E-state index contributed by atoms with van der Waals surface area (Å²) in [6.07, 6.45) is 0.00174. The first-order valence-corrected chi connectivity index (χ1v) is 7.10. The van der Waals surface area contributed by atoms with E-state index in [0.717, 1.165) is 23.5 Å². The lowest BCUT2D eigenvalue weighted by molar-refractivity contribution is 0.153. The van der Waals surface area contributed by atoms with E-state index in [9.17, 15) is 0 Å². The van der Waals surface area contributed by atoms with Gasteiger partial charge in [0.2, 0.25) is 0 Å². The molecular weight excluding hydrogens is 264 g/mol. The first kappa shape index (κ1) is 13.9.